The molecule has 0 unspecified atom stereocenters. The molecule has 1 heterocycles. The van der Waals surface area contributed by atoms with Gasteiger partial charge in [0.05, 0.1) is 11.5 Å². The summed E-state index contributed by atoms with van der Waals surface area (Å²) < 4.78 is 0.815. The fraction of sp³-hybridized carbons (Fsp3) is 0.182. The molecule has 0 amide bonds. The summed E-state index contributed by atoms with van der Waals surface area (Å²) in [5.74, 6) is -0.166. The molecule has 0 atom stereocenters. The summed E-state index contributed by atoms with van der Waals surface area (Å²) in [6, 6.07) is 5.50. The number of non-ortho nitro benzene ring substituents is 1. The fourth-order valence-electron chi connectivity index (χ4n) is 1.39. The van der Waals surface area contributed by atoms with Gasteiger partial charge < -0.3 is 5.32 Å². The van der Waals surface area contributed by atoms with Gasteiger partial charge in [-0.15, -0.1) is 10.2 Å². The van der Waals surface area contributed by atoms with Crippen LogP contribution in [0.3, 0.4) is 0 Å². The van der Waals surface area contributed by atoms with Gasteiger partial charge in [0.25, 0.3) is 5.69 Å². The van der Waals surface area contributed by atoms with Crippen LogP contribution in [0.5, 0.6) is 0 Å². The predicted octanol–water partition coefficient (Wildman–Crippen LogP) is 2.46. The molecule has 0 spiro atoms. The van der Waals surface area contributed by atoms with Crippen molar-refractivity contribution in [3.05, 3.63) is 39.9 Å². The number of nitro benzene ring substituents is 1. The number of thioether (sulfide) groups is 1. The lowest BCUT2D eigenvalue weighted by molar-refractivity contribution is -0.384. The molecule has 2 rings (SSSR count). The van der Waals surface area contributed by atoms with E-state index in [9.17, 15) is 14.9 Å². The molecule has 0 bridgehead atoms. The van der Waals surface area contributed by atoms with Gasteiger partial charge in [0.1, 0.15) is 0 Å². The standard InChI is InChI=1S/C11H10N4O3S2/c1-19-11-14-13-10(20-11)12-6-9(16)7-2-4-8(5-3-7)15(17)18/h2-5H,6H2,1H3,(H,12,13). The van der Waals surface area contributed by atoms with Crippen molar-refractivity contribution >= 4 is 39.7 Å². The van der Waals surface area contributed by atoms with Crippen LogP contribution in [0.4, 0.5) is 10.8 Å². The van der Waals surface area contributed by atoms with E-state index in [1.807, 2.05) is 6.26 Å². The second-order valence-corrected chi connectivity index (χ2v) is 5.69. The third-order valence-corrected chi connectivity index (χ3v) is 4.24. The summed E-state index contributed by atoms with van der Waals surface area (Å²) in [6.45, 7) is 0.0703. The number of carbonyl (C=O) groups is 1. The molecular formula is C11H10N4O3S2. The summed E-state index contributed by atoms with van der Waals surface area (Å²) in [7, 11) is 0. The van der Waals surface area contributed by atoms with Gasteiger partial charge in [-0.05, 0) is 18.4 Å². The number of nitrogens with zero attached hydrogens (tertiary/aromatic N) is 3. The first-order valence-corrected chi connectivity index (χ1v) is 7.53. The van der Waals surface area contributed by atoms with Crippen LogP contribution < -0.4 is 5.32 Å². The zero-order chi connectivity index (χ0) is 14.5. The molecule has 0 aliphatic rings. The lowest BCUT2D eigenvalue weighted by atomic mass is 10.1. The number of hydrogen-bond donors (Lipinski definition) is 1. The largest absolute Gasteiger partial charge is 0.353 e. The van der Waals surface area contributed by atoms with E-state index in [1.165, 1.54) is 47.4 Å². The zero-order valence-corrected chi connectivity index (χ0v) is 12.0. The molecule has 0 fully saturated rings. The Kier molecular flexibility index (Phi) is 4.64. The first kappa shape index (κ1) is 14.4. The number of benzene rings is 1. The minimum Gasteiger partial charge on any atom is -0.353 e. The first-order chi connectivity index (χ1) is 9.60. The molecule has 9 heteroatoms. The second-order valence-electron chi connectivity index (χ2n) is 3.66. The van der Waals surface area contributed by atoms with E-state index < -0.39 is 4.92 Å². The lowest BCUT2D eigenvalue weighted by Crippen LogP contribution is -2.13. The molecule has 0 radical (unpaired) electrons. The van der Waals surface area contributed by atoms with E-state index in [1.54, 1.807) is 0 Å². The van der Waals surface area contributed by atoms with Gasteiger partial charge in [0, 0.05) is 17.7 Å². The molecule has 2 aromatic rings. The van der Waals surface area contributed by atoms with Crippen molar-refractivity contribution < 1.29 is 9.72 Å². The number of Topliss-reactive ketones (excluding diaryl/α,β-unsaturated/α-hetero) is 1. The van der Waals surface area contributed by atoms with Crippen molar-refractivity contribution in [2.75, 3.05) is 18.1 Å². The maximum Gasteiger partial charge on any atom is 0.269 e. The zero-order valence-electron chi connectivity index (χ0n) is 10.4. The van der Waals surface area contributed by atoms with E-state index in [4.69, 9.17) is 0 Å². The van der Waals surface area contributed by atoms with Gasteiger partial charge in [-0.1, -0.05) is 23.1 Å². The van der Waals surface area contributed by atoms with Crippen molar-refractivity contribution in [1.29, 1.82) is 0 Å². The number of nitro groups is 1. The van der Waals surface area contributed by atoms with Gasteiger partial charge in [-0.2, -0.15) is 0 Å². The molecule has 0 aliphatic carbocycles. The van der Waals surface area contributed by atoms with Gasteiger partial charge >= 0.3 is 0 Å². The Morgan fingerprint density at radius 3 is 2.65 bits per heavy atom. The number of anilines is 1. The number of ketones is 1. The van der Waals surface area contributed by atoms with E-state index in [0.29, 0.717) is 10.7 Å². The quantitative estimate of drug-likeness (QED) is 0.379. The summed E-state index contributed by atoms with van der Waals surface area (Å²) in [5.41, 5.74) is 0.376. The van der Waals surface area contributed by atoms with Crippen LogP contribution in [0.25, 0.3) is 0 Å². The van der Waals surface area contributed by atoms with Gasteiger partial charge in [0.2, 0.25) is 5.13 Å². The smallest absolute Gasteiger partial charge is 0.269 e. The van der Waals surface area contributed by atoms with Crippen molar-refractivity contribution in [1.82, 2.24) is 10.2 Å². The third-order valence-electron chi connectivity index (χ3n) is 2.38. The molecule has 7 nitrogen and oxygen atoms in total. The lowest BCUT2D eigenvalue weighted by Gasteiger charge is -2.01. The molecule has 20 heavy (non-hydrogen) atoms. The van der Waals surface area contributed by atoms with Gasteiger partial charge in [0.15, 0.2) is 10.1 Å². The van der Waals surface area contributed by atoms with Gasteiger partial charge in [-0.25, -0.2) is 0 Å². The van der Waals surface area contributed by atoms with Crippen molar-refractivity contribution in [2.24, 2.45) is 0 Å². The Morgan fingerprint density at radius 1 is 1.40 bits per heavy atom. The normalized spacial score (nSPS) is 10.2. The SMILES string of the molecule is CSc1nnc(NCC(=O)c2ccc([N+](=O)[O-])cc2)s1. The predicted molar refractivity (Wildman–Crippen MR) is 77.6 cm³/mol. The Hall–Kier alpha value is -2.00. The molecule has 0 saturated heterocycles. The number of hydrogen-bond acceptors (Lipinski definition) is 8. The maximum atomic E-state index is 11.9. The fourth-order valence-corrected chi connectivity index (χ4v) is 2.56. The Labute approximate surface area is 122 Å². The van der Waals surface area contributed by atoms with E-state index in [-0.39, 0.29) is 18.0 Å². The van der Waals surface area contributed by atoms with E-state index >= 15 is 0 Å². The highest BCUT2D eigenvalue weighted by Crippen LogP contribution is 2.23. The highest BCUT2D eigenvalue weighted by atomic mass is 32.2. The number of rotatable bonds is 6. The minimum absolute atomic E-state index is 0.0387. The maximum absolute atomic E-state index is 11.9. The monoisotopic (exact) mass is 310 g/mol. The molecule has 1 aromatic heterocycles. The first-order valence-electron chi connectivity index (χ1n) is 5.49. The topological polar surface area (TPSA) is 98.0 Å². The van der Waals surface area contributed by atoms with Crippen LogP contribution in [0, 0.1) is 10.1 Å². The number of aromatic nitrogens is 2. The highest BCUT2D eigenvalue weighted by molar-refractivity contribution is 8.00. The van der Waals surface area contributed by atoms with E-state index in [0.717, 1.165) is 4.34 Å². The molecule has 1 aromatic carbocycles. The highest BCUT2D eigenvalue weighted by Gasteiger charge is 2.10. The summed E-state index contributed by atoms with van der Waals surface area (Å²) in [6.07, 6.45) is 1.90. The molecular weight excluding hydrogens is 300 g/mol. The van der Waals surface area contributed by atoms with Crippen LogP contribution in [-0.4, -0.2) is 33.7 Å². The van der Waals surface area contributed by atoms with Crippen LogP contribution in [0.1, 0.15) is 10.4 Å². The molecule has 1 N–H and O–H groups in total. The Balaban J connectivity index is 1.96. The molecule has 0 aliphatic heterocycles. The van der Waals surface area contributed by atoms with Crippen LogP contribution in [-0.2, 0) is 0 Å². The van der Waals surface area contributed by atoms with Crippen LogP contribution >= 0.6 is 23.1 Å². The average molecular weight is 310 g/mol. The Morgan fingerprint density at radius 2 is 2.10 bits per heavy atom. The van der Waals surface area contributed by atoms with Gasteiger partial charge in [-0.3, -0.25) is 14.9 Å². The van der Waals surface area contributed by atoms with Crippen molar-refractivity contribution in [3.8, 4) is 0 Å². The average Bonchev–Trinajstić information content (AvgIpc) is 2.93. The summed E-state index contributed by atoms with van der Waals surface area (Å²) >= 11 is 2.85. The van der Waals surface area contributed by atoms with Crippen LogP contribution in [0.15, 0.2) is 28.6 Å². The van der Waals surface area contributed by atoms with Crippen LogP contribution in [0.2, 0.25) is 0 Å². The second kappa shape index (κ2) is 6.44. The number of nitrogens with one attached hydrogen (secondary N) is 1. The van der Waals surface area contributed by atoms with Crippen molar-refractivity contribution in [2.45, 2.75) is 4.34 Å². The minimum atomic E-state index is -0.502. The number of carbonyl (C=O) groups excluding carboxylic acids is 1. The van der Waals surface area contributed by atoms with E-state index in [2.05, 4.69) is 15.5 Å². The molecule has 104 valence electrons. The van der Waals surface area contributed by atoms with Crippen molar-refractivity contribution in [3.63, 3.8) is 0 Å². The summed E-state index contributed by atoms with van der Waals surface area (Å²) in [5, 5.41) is 21.8. The Bertz CT molecular complexity index is 627. The summed E-state index contributed by atoms with van der Waals surface area (Å²) in [4.78, 5) is 21.9. The third kappa shape index (κ3) is 3.52. The molecule has 0 saturated carbocycles.